The van der Waals surface area contributed by atoms with Gasteiger partial charge in [-0.25, -0.2) is 19.9 Å². The van der Waals surface area contributed by atoms with Crippen molar-refractivity contribution in [3.05, 3.63) is 30.9 Å². The van der Waals surface area contributed by atoms with Crippen molar-refractivity contribution in [2.75, 3.05) is 19.1 Å². The number of fused-ring (bicyclic) bond motifs is 1. The molecule has 12 heteroatoms. The fourth-order valence-corrected chi connectivity index (χ4v) is 3.21. The maximum Gasteiger partial charge on any atom is 0.167 e. The van der Waals surface area contributed by atoms with Gasteiger partial charge >= 0.3 is 0 Å². The second-order valence-electron chi connectivity index (χ2n) is 6.26. The van der Waals surface area contributed by atoms with Crippen LogP contribution < -0.4 is 5.73 Å². The minimum Gasteiger partial charge on any atom is -0.387 e. The number of aromatic amines is 1. The van der Waals surface area contributed by atoms with E-state index in [-0.39, 0.29) is 12.6 Å². The number of nitrogens with one attached hydrogen (secondary N) is 1. The van der Waals surface area contributed by atoms with Gasteiger partial charge in [-0.05, 0) is 6.92 Å². The number of ether oxygens (including phenoxy) is 3. The molecule has 1 fully saturated rings. The average molecular weight is 391 g/mol. The quantitative estimate of drug-likeness (QED) is 0.304. The van der Waals surface area contributed by atoms with Gasteiger partial charge in [0.2, 0.25) is 0 Å². The summed E-state index contributed by atoms with van der Waals surface area (Å²) in [6.45, 7) is 2.30. The molecular formula is C16H21N7O5. The van der Waals surface area contributed by atoms with Gasteiger partial charge in [-0.1, -0.05) is 0 Å². The van der Waals surface area contributed by atoms with Crippen molar-refractivity contribution in [1.29, 1.82) is 0 Å². The highest BCUT2D eigenvalue weighted by atomic mass is 16.7. The number of rotatable bonds is 7. The first-order chi connectivity index (χ1) is 13.6. The van der Waals surface area contributed by atoms with E-state index < -0.39 is 30.6 Å². The van der Waals surface area contributed by atoms with Gasteiger partial charge < -0.3 is 35.1 Å². The second kappa shape index (κ2) is 7.77. The number of aromatic nitrogens is 6. The predicted molar refractivity (Wildman–Crippen MR) is 94.6 cm³/mol. The van der Waals surface area contributed by atoms with E-state index in [9.17, 15) is 10.2 Å². The van der Waals surface area contributed by atoms with Gasteiger partial charge in [0.05, 0.1) is 24.5 Å². The van der Waals surface area contributed by atoms with Gasteiger partial charge in [0.1, 0.15) is 43.1 Å². The molecule has 1 aliphatic rings. The number of hydrogen-bond acceptors (Lipinski definition) is 10. The summed E-state index contributed by atoms with van der Waals surface area (Å²) in [5.41, 5.74) is 7.17. The highest BCUT2D eigenvalue weighted by molar-refractivity contribution is 5.81. The molecule has 0 bridgehead atoms. The Bertz CT molecular complexity index is 917. The van der Waals surface area contributed by atoms with E-state index in [4.69, 9.17) is 19.9 Å². The minimum atomic E-state index is -1.25. The summed E-state index contributed by atoms with van der Waals surface area (Å²) in [4.78, 5) is 19.2. The fraction of sp³-hybridized carbons (Fsp3) is 0.500. The number of hydrogen-bond donors (Lipinski definition) is 4. The van der Waals surface area contributed by atoms with Crippen molar-refractivity contribution in [2.45, 2.75) is 37.6 Å². The first-order valence-corrected chi connectivity index (χ1v) is 8.74. The molecule has 4 rings (SSSR count). The molecule has 4 heterocycles. The summed E-state index contributed by atoms with van der Waals surface area (Å²) in [6.07, 6.45) is 0.721. The number of anilines is 1. The molecule has 0 saturated carbocycles. The van der Waals surface area contributed by atoms with E-state index in [1.165, 1.54) is 23.5 Å². The molecule has 0 aromatic carbocycles. The van der Waals surface area contributed by atoms with Crippen LogP contribution in [0.2, 0.25) is 0 Å². The van der Waals surface area contributed by atoms with Crippen molar-refractivity contribution in [1.82, 2.24) is 29.5 Å². The highest BCUT2D eigenvalue weighted by Crippen LogP contribution is 2.38. The number of nitrogens with zero attached hydrogens (tertiary/aromatic N) is 5. The van der Waals surface area contributed by atoms with Crippen molar-refractivity contribution in [2.24, 2.45) is 0 Å². The zero-order chi connectivity index (χ0) is 19.7. The van der Waals surface area contributed by atoms with Crippen LogP contribution >= 0.6 is 0 Å². The summed E-state index contributed by atoms with van der Waals surface area (Å²) in [5, 5.41) is 21.3. The highest BCUT2D eigenvalue weighted by Gasteiger charge is 2.49. The molecule has 0 radical (unpaired) electrons. The van der Waals surface area contributed by atoms with Crippen LogP contribution in [0.15, 0.2) is 25.2 Å². The summed E-state index contributed by atoms with van der Waals surface area (Å²) >= 11 is 0. The zero-order valence-corrected chi connectivity index (χ0v) is 15.0. The van der Waals surface area contributed by atoms with Crippen molar-refractivity contribution in [3.63, 3.8) is 0 Å². The first-order valence-electron chi connectivity index (χ1n) is 8.74. The lowest BCUT2D eigenvalue weighted by Gasteiger charge is -2.24. The van der Waals surface area contributed by atoms with Gasteiger partial charge in [-0.15, -0.1) is 0 Å². The number of aliphatic hydroxyl groups is 2. The van der Waals surface area contributed by atoms with Crippen molar-refractivity contribution in [3.8, 4) is 0 Å². The first kappa shape index (κ1) is 18.7. The van der Waals surface area contributed by atoms with Crippen LogP contribution in [0.4, 0.5) is 5.82 Å². The third-order valence-electron chi connectivity index (χ3n) is 4.60. The molecule has 28 heavy (non-hydrogen) atoms. The van der Waals surface area contributed by atoms with Gasteiger partial charge in [-0.3, -0.25) is 4.57 Å². The van der Waals surface area contributed by atoms with Crippen molar-refractivity contribution < 1.29 is 24.4 Å². The predicted octanol–water partition coefficient (Wildman–Crippen LogP) is -0.497. The SMILES string of the molecule is CCOCOC(c1cnc[nH]1)[C@H]1O[C@@H](n2cnc3c(N)ncnc32)[C@H](O)[C@@H]1O. The Balaban J connectivity index is 1.63. The molecule has 1 saturated heterocycles. The summed E-state index contributed by atoms with van der Waals surface area (Å²) in [7, 11) is 0. The summed E-state index contributed by atoms with van der Waals surface area (Å²) < 4.78 is 18.5. The van der Waals surface area contributed by atoms with Gasteiger partial charge in [0, 0.05) is 6.61 Å². The molecule has 3 aromatic rings. The smallest absolute Gasteiger partial charge is 0.167 e. The minimum absolute atomic E-state index is 0.00864. The Morgan fingerprint density at radius 2 is 2.18 bits per heavy atom. The molecule has 12 nitrogen and oxygen atoms in total. The van der Waals surface area contributed by atoms with Crippen LogP contribution in [-0.2, 0) is 14.2 Å². The Morgan fingerprint density at radius 3 is 2.93 bits per heavy atom. The van der Waals surface area contributed by atoms with Gasteiger partial charge in [0.25, 0.3) is 0 Å². The molecule has 5 atom stereocenters. The molecule has 3 aromatic heterocycles. The largest absolute Gasteiger partial charge is 0.387 e. The zero-order valence-electron chi connectivity index (χ0n) is 15.0. The lowest BCUT2D eigenvalue weighted by Crippen LogP contribution is -2.36. The van der Waals surface area contributed by atoms with Crippen molar-refractivity contribution >= 4 is 17.0 Å². The topological polar surface area (TPSA) is 166 Å². The third-order valence-corrected chi connectivity index (χ3v) is 4.60. The van der Waals surface area contributed by atoms with E-state index in [1.54, 1.807) is 6.20 Å². The van der Waals surface area contributed by atoms with E-state index in [2.05, 4.69) is 24.9 Å². The molecule has 0 amide bonds. The molecule has 150 valence electrons. The van der Waals surface area contributed by atoms with Gasteiger partial charge in [0.15, 0.2) is 17.7 Å². The maximum atomic E-state index is 10.7. The van der Waals surface area contributed by atoms with E-state index >= 15 is 0 Å². The molecule has 1 aliphatic heterocycles. The van der Waals surface area contributed by atoms with E-state index in [0.29, 0.717) is 23.5 Å². The Morgan fingerprint density at radius 1 is 1.32 bits per heavy atom. The monoisotopic (exact) mass is 391 g/mol. The van der Waals surface area contributed by atoms with Crippen LogP contribution in [0.25, 0.3) is 11.2 Å². The van der Waals surface area contributed by atoms with Gasteiger partial charge in [-0.2, -0.15) is 0 Å². The number of nitrogen functional groups attached to an aromatic ring is 1. The van der Waals surface area contributed by atoms with Crippen LogP contribution in [0.3, 0.4) is 0 Å². The Kier molecular flexibility index (Phi) is 5.19. The number of imidazole rings is 2. The average Bonchev–Trinajstić information content (AvgIpc) is 3.41. The molecule has 0 spiro atoms. The summed E-state index contributed by atoms with van der Waals surface area (Å²) in [5.74, 6) is 0.212. The number of aliphatic hydroxyl groups excluding tert-OH is 2. The molecule has 5 N–H and O–H groups in total. The van der Waals surface area contributed by atoms with E-state index in [1.807, 2.05) is 6.92 Å². The normalized spacial score (nSPS) is 26.1. The third kappa shape index (κ3) is 3.21. The summed E-state index contributed by atoms with van der Waals surface area (Å²) in [6, 6.07) is 0. The fourth-order valence-electron chi connectivity index (χ4n) is 3.21. The molecule has 0 aliphatic carbocycles. The van der Waals surface area contributed by atoms with E-state index in [0.717, 1.165) is 0 Å². The van der Waals surface area contributed by atoms with Crippen LogP contribution in [0.1, 0.15) is 24.9 Å². The molecular weight excluding hydrogens is 370 g/mol. The van der Waals surface area contributed by atoms with Crippen LogP contribution in [-0.4, -0.2) is 71.4 Å². The Hall–Kier alpha value is -2.64. The number of nitrogens with two attached hydrogens (primary N) is 1. The van der Waals surface area contributed by atoms with Crippen LogP contribution in [0.5, 0.6) is 0 Å². The molecule has 1 unspecified atom stereocenters. The van der Waals surface area contributed by atoms with Crippen LogP contribution in [0, 0.1) is 0 Å². The lowest BCUT2D eigenvalue weighted by molar-refractivity contribution is -0.156. The number of H-pyrrole nitrogens is 1. The standard InChI is InChI=1S/C16H21N7O5/c1-2-26-7-27-12(8-3-18-4-19-8)13-10(24)11(25)16(28-13)23-6-22-9-14(17)20-5-21-15(9)23/h3-6,10-13,16,24-25H,2,7H2,1H3,(H,18,19)(H2,17,20,21)/t10-,11+,12?,13-,16+/m0/s1. The lowest BCUT2D eigenvalue weighted by atomic mass is 10.0. The maximum absolute atomic E-state index is 10.7. The Labute approximate surface area is 159 Å². The second-order valence-corrected chi connectivity index (χ2v) is 6.26.